The predicted molar refractivity (Wildman–Crippen MR) is 78.6 cm³/mol. The van der Waals surface area contributed by atoms with Crippen molar-refractivity contribution in [3.63, 3.8) is 0 Å². The van der Waals surface area contributed by atoms with Gasteiger partial charge in [0.1, 0.15) is 0 Å². The molecular weight excluding hydrogens is 300 g/mol. The Labute approximate surface area is 117 Å². The molecule has 0 spiro atoms. The molecule has 1 aromatic carbocycles. The zero-order valence-electron chi connectivity index (χ0n) is 10.2. The first-order valence-corrected chi connectivity index (χ1v) is 7.26. The number of rotatable bonds is 8. The largest absolute Gasteiger partial charge is 0.317 e. The van der Waals surface area contributed by atoms with Crippen LogP contribution >= 0.6 is 27.5 Å². The van der Waals surface area contributed by atoms with Crippen LogP contribution in [0, 0.1) is 0 Å². The fourth-order valence-corrected chi connectivity index (χ4v) is 2.52. The van der Waals surface area contributed by atoms with Crippen LogP contribution in [0.25, 0.3) is 0 Å². The highest BCUT2D eigenvalue weighted by Crippen LogP contribution is 2.19. The number of hydrogen-bond donors (Lipinski definition) is 2. The highest BCUT2D eigenvalue weighted by atomic mass is 79.9. The summed E-state index contributed by atoms with van der Waals surface area (Å²) in [6.45, 7) is 6.28. The fourth-order valence-electron chi connectivity index (χ4n) is 1.59. The SMILES string of the molecule is CCCNCCCNCc1cc(Cl)cc(Br)c1. The van der Waals surface area contributed by atoms with Crippen molar-refractivity contribution in [2.24, 2.45) is 0 Å². The summed E-state index contributed by atoms with van der Waals surface area (Å²) < 4.78 is 1.03. The summed E-state index contributed by atoms with van der Waals surface area (Å²) >= 11 is 9.42. The van der Waals surface area contributed by atoms with E-state index in [1.165, 1.54) is 12.0 Å². The summed E-state index contributed by atoms with van der Waals surface area (Å²) in [6.07, 6.45) is 2.35. The smallest absolute Gasteiger partial charge is 0.0420 e. The Balaban J connectivity index is 2.13. The second-order valence-electron chi connectivity index (χ2n) is 4.06. The van der Waals surface area contributed by atoms with Gasteiger partial charge in [-0.05, 0) is 56.2 Å². The summed E-state index contributed by atoms with van der Waals surface area (Å²) in [5.74, 6) is 0. The van der Waals surface area contributed by atoms with Crippen LogP contribution in [0.5, 0.6) is 0 Å². The van der Waals surface area contributed by atoms with Gasteiger partial charge in [-0.2, -0.15) is 0 Å². The van der Waals surface area contributed by atoms with Crippen molar-refractivity contribution in [3.05, 3.63) is 33.3 Å². The molecule has 17 heavy (non-hydrogen) atoms. The highest BCUT2D eigenvalue weighted by molar-refractivity contribution is 9.10. The van der Waals surface area contributed by atoms with E-state index in [0.717, 1.165) is 42.1 Å². The van der Waals surface area contributed by atoms with Crippen molar-refractivity contribution in [3.8, 4) is 0 Å². The lowest BCUT2D eigenvalue weighted by Gasteiger charge is -2.06. The Kier molecular flexibility index (Phi) is 7.86. The molecular formula is C13H20BrClN2. The van der Waals surface area contributed by atoms with Gasteiger partial charge in [0.05, 0.1) is 0 Å². The topological polar surface area (TPSA) is 24.1 Å². The molecule has 0 aromatic heterocycles. The molecule has 2 nitrogen and oxygen atoms in total. The Morgan fingerprint density at radius 2 is 1.88 bits per heavy atom. The standard InChI is InChI=1S/C13H20BrClN2/c1-2-4-16-5-3-6-17-10-11-7-12(14)9-13(15)8-11/h7-9,16-17H,2-6,10H2,1H3. The lowest BCUT2D eigenvalue weighted by molar-refractivity contribution is 0.592. The molecule has 0 aliphatic rings. The normalized spacial score (nSPS) is 10.8. The van der Waals surface area contributed by atoms with Crippen molar-refractivity contribution < 1.29 is 0 Å². The van der Waals surface area contributed by atoms with Crippen LogP contribution in [0.3, 0.4) is 0 Å². The molecule has 0 aliphatic carbocycles. The molecule has 0 fully saturated rings. The number of halogens is 2. The maximum Gasteiger partial charge on any atom is 0.0420 e. The van der Waals surface area contributed by atoms with Gasteiger partial charge in [-0.1, -0.05) is 34.5 Å². The van der Waals surface area contributed by atoms with Crippen molar-refractivity contribution >= 4 is 27.5 Å². The second-order valence-corrected chi connectivity index (χ2v) is 5.41. The first kappa shape index (κ1) is 15.0. The first-order valence-electron chi connectivity index (χ1n) is 6.08. The molecule has 0 amide bonds. The average Bonchev–Trinajstić information content (AvgIpc) is 2.26. The van der Waals surface area contributed by atoms with E-state index < -0.39 is 0 Å². The molecule has 1 aromatic rings. The molecule has 0 heterocycles. The Bertz CT molecular complexity index is 311. The van der Waals surface area contributed by atoms with E-state index in [1.54, 1.807) is 0 Å². The molecule has 0 aliphatic heterocycles. The lowest BCUT2D eigenvalue weighted by atomic mass is 10.2. The molecule has 0 radical (unpaired) electrons. The molecule has 4 heteroatoms. The van der Waals surface area contributed by atoms with Crippen LogP contribution in [0.15, 0.2) is 22.7 Å². The van der Waals surface area contributed by atoms with Crippen LogP contribution in [0.4, 0.5) is 0 Å². The van der Waals surface area contributed by atoms with Crippen molar-refractivity contribution in [1.82, 2.24) is 10.6 Å². The van der Waals surface area contributed by atoms with Crippen molar-refractivity contribution in [2.45, 2.75) is 26.3 Å². The summed E-state index contributed by atoms with van der Waals surface area (Å²) in [6, 6.07) is 5.99. The molecule has 96 valence electrons. The fraction of sp³-hybridized carbons (Fsp3) is 0.538. The highest BCUT2D eigenvalue weighted by Gasteiger charge is 1.97. The van der Waals surface area contributed by atoms with Gasteiger partial charge in [0.25, 0.3) is 0 Å². The molecule has 0 saturated heterocycles. The molecule has 0 unspecified atom stereocenters. The van der Waals surface area contributed by atoms with E-state index >= 15 is 0 Å². The molecule has 0 bridgehead atoms. The van der Waals surface area contributed by atoms with E-state index in [0.29, 0.717) is 0 Å². The van der Waals surface area contributed by atoms with Crippen LogP contribution in [0.1, 0.15) is 25.3 Å². The minimum atomic E-state index is 0.779. The minimum Gasteiger partial charge on any atom is -0.317 e. The van der Waals surface area contributed by atoms with Crippen LogP contribution in [0.2, 0.25) is 5.02 Å². The first-order chi connectivity index (χ1) is 8.22. The van der Waals surface area contributed by atoms with E-state index in [2.05, 4.69) is 39.6 Å². The van der Waals surface area contributed by atoms with Gasteiger partial charge >= 0.3 is 0 Å². The molecule has 1 rings (SSSR count). The van der Waals surface area contributed by atoms with Crippen LogP contribution < -0.4 is 10.6 Å². The van der Waals surface area contributed by atoms with E-state index in [4.69, 9.17) is 11.6 Å². The minimum absolute atomic E-state index is 0.779. The van der Waals surface area contributed by atoms with Crippen molar-refractivity contribution in [1.29, 1.82) is 0 Å². The van der Waals surface area contributed by atoms with Gasteiger partial charge in [-0.3, -0.25) is 0 Å². The summed E-state index contributed by atoms with van der Waals surface area (Å²) in [5, 5.41) is 7.58. The summed E-state index contributed by atoms with van der Waals surface area (Å²) in [7, 11) is 0. The quantitative estimate of drug-likeness (QED) is 0.716. The summed E-state index contributed by atoms with van der Waals surface area (Å²) in [5.41, 5.74) is 1.21. The van der Waals surface area contributed by atoms with Crippen LogP contribution in [-0.4, -0.2) is 19.6 Å². The van der Waals surface area contributed by atoms with Gasteiger partial charge in [0.15, 0.2) is 0 Å². The average molecular weight is 320 g/mol. The third-order valence-electron chi connectivity index (χ3n) is 2.39. The van der Waals surface area contributed by atoms with Gasteiger partial charge in [0.2, 0.25) is 0 Å². The van der Waals surface area contributed by atoms with Gasteiger partial charge in [-0.25, -0.2) is 0 Å². The number of benzene rings is 1. The summed E-state index contributed by atoms with van der Waals surface area (Å²) in [4.78, 5) is 0. The van der Waals surface area contributed by atoms with E-state index in [1.807, 2.05) is 12.1 Å². The molecule has 2 N–H and O–H groups in total. The monoisotopic (exact) mass is 318 g/mol. The maximum absolute atomic E-state index is 5.98. The number of nitrogens with one attached hydrogen (secondary N) is 2. The Morgan fingerprint density at radius 3 is 2.59 bits per heavy atom. The van der Waals surface area contributed by atoms with E-state index in [9.17, 15) is 0 Å². The van der Waals surface area contributed by atoms with Crippen molar-refractivity contribution in [2.75, 3.05) is 19.6 Å². The van der Waals surface area contributed by atoms with Gasteiger partial charge in [-0.15, -0.1) is 0 Å². The Hall–Kier alpha value is -0.0900. The molecule has 0 atom stereocenters. The predicted octanol–water partition coefficient (Wildman–Crippen LogP) is 3.58. The third-order valence-corrected chi connectivity index (χ3v) is 3.06. The molecule has 0 saturated carbocycles. The zero-order valence-corrected chi connectivity index (χ0v) is 12.6. The third kappa shape index (κ3) is 7.04. The second kappa shape index (κ2) is 8.92. The van der Waals surface area contributed by atoms with Gasteiger partial charge < -0.3 is 10.6 Å². The van der Waals surface area contributed by atoms with E-state index in [-0.39, 0.29) is 0 Å². The lowest BCUT2D eigenvalue weighted by Crippen LogP contribution is -2.22. The Morgan fingerprint density at radius 1 is 1.12 bits per heavy atom. The zero-order chi connectivity index (χ0) is 12.5. The van der Waals surface area contributed by atoms with Gasteiger partial charge in [0, 0.05) is 16.0 Å². The number of hydrogen-bond acceptors (Lipinski definition) is 2. The maximum atomic E-state index is 5.98. The van der Waals surface area contributed by atoms with Crippen LogP contribution in [-0.2, 0) is 6.54 Å².